The first-order valence-corrected chi connectivity index (χ1v) is 5.83. The molecule has 17 heavy (non-hydrogen) atoms. The van der Waals surface area contributed by atoms with Crippen LogP contribution < -0.4 is 5.32 Å². The molecule has 1 atom stereocenters. The summed E-state index contributed by atoms with van der Waals surface area (Å²) >= 11 is 0. The SMILES string of the molecule is CC(=O)NC(CO)c1c(C)c(C)cc(C)c1C. The molecule has 0 aliphatic carbocycles. The molecule has 1 unspecified atom stereocenters. The van der Waals surface area contributed by atoms with Gasteiger partial charge in [0, 0.05) is 6.92 Å². The normalized spacial score (nSPS) is 12.4. The van der Waals surface area contributed by atoms with Crippen molar-refractivity contribution >= 4 is 5.91 Å². The van der Waals surface area contributed by atoms with Crippen molar-refractivity contribution in [1.82, 2.24) is 5.32 Å². The fraction of sp³-hybridized carbons (Fsp3) is 0.500. The first-order valence-electron chi connectivity index (χ1n) is 5.83. The quantitative estimate of drug-likeness (QED) is 0.842. The van der Waals surface area contributed by atoms with Crippen molar-refractivity contribution in [3.8, 4) is 0 Å². The highest BCUT2D eigenvalue weighted by Gasteiger charge is 2.18. The third-order valence-corrected chi connectivity index (χ3v) is 3.33. The van der Waals surface area contributed by atoms with Crippen LogP contribution in [0.15, 0.2) is 6.07 Å². The second-order valence-corrected chi connectivity index (χ2v) is 4.61. The van der Waals surface area contributed by atoms with E-state index in [1.54, 1.807) is 0 Å². The molecule has 0 aromatic heterocycles. The molecule has 3 nitrogen and oxygen atoms in total. The molecule has 2 N–H and O–H groups in total. The number of hydrogen-bond acceptors (Lipinski definition) is 2. The smallest absolute Gasteiger partial charge is 0.217 e. The molecule has 3 heteroatoms. The minimum absolute atomic E-state index is 0.0792. The van der Waals surface area contributed by atoms with Gasteiger partial charge in [-0.15, -0.1) is 0 Å². The number of nitrogens with one attached hydrogen (secondary N) is 1. The fourth-order valence-electron chi connectivity index (χ4n) is 2.22. The van der Waals surface area contributed by atoms with Crippen molar-refractivity contribution in [2.75, 3.05) is 6.61 Å². The largest absolute Gasteiger partial charge is 0.394 e. The van der Waals surface area contributed by atoms with E-state index in [0.717, 1.165) is 16.7 Å². The van der Waals surface area contributed by atoms with Gasteiger partial charge in [0.05, 0.1) is 12.6 Å². The minimum Gasteiger partial charge on any atom is -0.394 e. The number of benzene rings is 1. The Balaban J connectivity index is 3.31. The number of rotatable bonds is 3. The Labute approximate surface area is 103 Å². The van der Waals surface area contributed by atoms with Crippen molar-refractivity contribution in [2.24, 2.45) is 0 Å². The highest BCUT2D eigenvalue weighted by atomic mass is 16.3. The second kappa shape index (κ2) is 5.32. The number of amides is 1. The maximum Gasteiger partial charge on any atom is 0.217 e. The van der Waals surface area contributed by atoms with Gasteiger partial charge >= 0.3 is 0 Å². The highest BCUT2D eigenvalue weighted by molar-refractivity contribution is 5.73. The average molecular weight is 235 g/mol. The van der Waals surface area contributed by atoms with Gasteiger partial charge in [-0.1, -0.05) is 6.07 Å². The van der Waals surface area contributed by atoms with Gasteiger partial charge in [0.2, 0.25) is 5.91 Å². The fourth-order valence-corrected chi connectivity index (χ4v) is 2.22. The standard InChI is InChI=1S/C14H21NO2/c1-8-6-9(2)11(4)14(10(8)3)13(7-16)15-12(5)17/h6,13,16H,7H2,1-5H3,(H,15,17). The zero-order valence-corrected chi connectivity index (χ0v) is 11.2. The van der Waals surface area contributed by atoms with Crippen LogP contribution in [0.1, 0.15) is 40.8 Å². The van der Waals surface area contributed by atoms with Crippen molar-refractivity contribution in [1.29, 1.82) is 0 Å². The van der Waals surface area contributed by atoms with E-state index in [-0.39, 0.29) is 18.6 Å². The van der Waals surface area contributed by atoms with Gasteiger partial charge < -0.3 is 10.4 Å². The Morgan fingerprint density at radius 3 is 2.06 bits per heavy atom. The molecule has 0 radical (unpaired) electrons. The predicted octanol–water partition coefficient (Wildman–Crippen LogP) is 2.09. The van der Waals surface area contributed by atoms with E-state index >= 15 is 0 Å². The average Bonchev–Trinajstić information content (AvgIpc) is 2.24. The molecule has 1 amide bonds. The van der Waals surface area contributed by atoms with Crippen LogP contribution in [0, 0.1) is 27.7 Å². The maximum atomic E-state index is 11.2. The van der Waals surface area contributed by atoms with Gasteiger partial charge in [0.15, 0.2) is 0 Å². The summed E-state index contributed by atoms with van der Waals surface area (Å²) in [4.78, 5) is 11.2. The molecule has 1 aromatic carbocycles. The first kappa shape index (κ1) is 13.7. The first-order chi connectivity index (χ1) is 7.88. The number of carbonyl (C=O) groups is 1. The lowest BCUT2D eigenvalue weighted by Gasteiger charge is -2.23. The van der Waals surface area contributed by atoms with E-state index in [1.807, 2.05) is 27.7 Å². The third-order valence-electron chi connectivity index (χ3n) is 3.33. The molecular weight excluding hydrogens is 214 g/mol. The lowest BCUT2D eigenvalue weighted by molar-refractivity contribution is -0.120. The minimum atomic E-state index is -0.314. The molecule has 0 saturated carbocycles. The van der Waals surface area contributed by atoms with E-state index in [1.165, 1.54) is 18.1 Å². The predicted molar refractivity (Wildman–Crippen MR) is 69.0 cm³/mol. The molecule has 1 aromatic rings. The summed E-state index contributed by atoms with van der Waals surface area (Å²) in [6.45, 7) is 9.55. The second-order valence-electron chi connectivity index (χ2n) is 4.61. The Bertz CT molecular complexity index is 412. The Morgan fingerprint density at radius 1 is 1.24 bits per heavy atom. The zero-order valence-electron chi connectivity index (χ0n) is 11.2. The number of aliphatic hydroxyl groups excluding tert-OH is 1. The van der Waals surface area contributed by atoms with Gasteiger partial charge in [0.1, 0.15) is 0 Å². The highest BCUT2D eigenvalue weighted by Crippen LogP contribution is 2.27. The molecule has 94 valence electrons. The number of aliphatic hydroxyl groups is 1. The van der Waals surface area contributed by atoms with Gasteiger partial charge in [-0.3, -0.25) is 4.79 Å². The molecule has 0 saturated heterocycles. The van der Waals surface area contributed by atoms with Crippen LogP contribution in [-0.4, -0.2) is 17.6 Å². The number of hydrogen-bond donors (Lipinski definition) is 2. The van der Waals surface area contributed by atoms with Crippen LogP contribution in [0.2, 0.25) is 0 Å². The van der Waals surface area contributed by atoms with Crippen LogP contribution in [0.5, 0.6) is 0 Å². The summed E-state index contributed by atoms with van der Waals surface area (Å²) in [5.41, 5.74) is 5.70. The molecule has 1 rings (SSSR count). The molecule has 0 aliphatic heterocycles. The van der Waals surface area contributed by atoms with Crippen LogP contribution in [-0.2, 0) is 4.79 Å². The summed E-state index contributed by atoms with van der Waals surface area (Å²) < 4.78 is 0. The molecule has 0 aliphatic rings. The molecule has 0 heterocycles. The lowest BCUT2D eigenvalue weighted by Crippen LogP contribution is -2.30. The van der Waals surface area contributed by atoms with E-state index in [0.29, 0.717) is 0 Å². The van der Waals surface area contributed by atoms with Crippen molar-refractivity contribution < 1.29 is 9.90 Å². The lowest BCUT2D eigenvalue weighted by atomic mass is 9.90. The molecule has 0 fully saturated rings. The van der Waals surface area contributed by atoms with E-state index in [4.69, 9.17) is 0 Å². The van der Waals surface area contributed by atoms with Gasteiger partial charge in [0.25, 0.3) is 0 Å². The van der Waals surface area contributed by atoms with Crippen molar-refractivity contribution in [2.45, 2.75) is 40.7 Å². The molecule has 0 spiro atoms. The summed E-state index contributed by atoms with van der Waals surface area (Å²) in [6.07, 6.45) is 0. The van der Waals surface area contributed by atoms with Gasteiger partial charge in [-0.25, -0.2) is 0 Å². The zero-order chi connectivity index (χ0) is 13.2. The Morgan fingerprint density at radius 2 is 1.71 bits per heavy atom. The van der Waals surface area contributed by atoms with Crippen LogP contribution in [0.3, 0.4) is 0 Å². The van der Waals surface area contributed by atoms with E-state index in [9.17, 15) is 9.90 Å². The van der Waals surface area contributed by atoms with Crippen molar-refractivity contribution in [3.63, 3.8) is 0 Å². The van der Waals surface area contributed by atoms with Crippen LogP contribution in [0.25, 0.3) is 0 Å². The Kier molecular flexibility index (Phi) is 4.29. The van der Waals surface area contributed by atoms with E-state index < -0.39 is 0 Å². The monoisotopic (exact) mass is 235 g/mol. The summed E-state index contributed by atoms with van der Waals surface area (Å²) in [5, 5.41) is 12.2. The summed E-state index contributed by atoms with van der Waals surface area (Å²) in [7, 11) is 0. The van der Waals surface area contributed by atoms with Gasteiger partial charge in [-0.2, -0.15) is 0 Å². The molecule has 0 bridgehead atoms. The van der Waals surface area contributed by atoms with Crippen LogP contribution in [0.4, 0.5) is 0 Å². The maximum absolute atomic E-state index is 11.2. The Hall–Kier alpha value is -1.35. The number of carbonyl (C=O) groups excluding carboxylic acids is 1. The summed E-state index contributed by atoms with van der Waals surface area (Å²) in [6, 6.07) is 1.82. The van der Waals surface area contributed by atoms with E-state index in [2.05, 4.69) is 11.4 Å². The van der Waals surface area contributed by atoms with Gasteiger partial charge in [-0.05, 0) is 55.5 Å². The molecular formula is C14H21NO2. The van der Waals surface area contributed by atoms with Crippen molar-refractivity contribution in [3.05, 3.63) is 33.9 Å². The topological polar surface area (TPSA) is 49.3 Å². The third kappa shape index (κ3) is 2.86. The number of aryl methyl sites for hydroxylation is 2. The van der Waals surface area contributed by atoms with Crippen LogP contribution >= 0.6 is 0 Å². The summed E-state index contributed by atoms with van der Waals surface area (Å²) in [5.74, 6) is -0.123.